The third-order valence-electron chi connectivity index (χ3n) is 4.04. The number of amides is 2. The average molecular weight is 415 g/mol. The molecule has 2 amide bonds. The minimum atomic E-state index is -0.0402. The van der Waals surface area contributed by atoms with Gasteiger partial charge in [-0.15, -0.1) is 35.1 Å². The van der Waals surface area contributed by atoms with Gasteiger partial charge < -0.3 is 16.0 Å². The van der Waals surface area contributed by atoms with Crippen LogP contribution < -0.4 is 16.0 Å². The van der Waals surface area contributed by atoms with Crippen molar-refractivity contribution in [2.24, 2.45) is 0 Å². The summed E-state index contributed by atoms with van der Waals surface area (Å²) < 4.78 is 0. The number of aryl methyl sites for hydroxylation is 1. The van der Waals surface area contributed by atoms with Gasteiger partial charge in [0.2, 0.25) is 11.8 Å². The minimum absolute atomic E-state index is 0. The van der Waals surface area contributed by atoms with Gasteiger partial charge in [0.05, 0.1) is 17.1 Å². The Labute approximate surface area is 167 Å². The average Bonchev–Trinajstić information content (AvgIpc) is 3.26. The number of rotatable bonds is 6. The number of carbonyl (C=O) groups is 2. The molecule has 26 heavy (non-hydrogen) atoms. The third-order valence-corrected chi connectivity index (χ3v) is 6.02. The van der Waals surface area contributed by atoms with Gasteiger partial charge in [0.15, 0.2) is 5.13 Å². The van der Waals surface area contributed by atoms with Crippen LogP contribution in [0.3, 0.4) is 0 Å². The van der Waals surface area contributed by atoms with Crippen molar-refractivity contribution in [3.63, 3.8) is 0 Å². The molecule has 0 aliphatic carbocycles. The summed E-state index contributed by atoms with van der Waals surface area (Å²) in [5.41, 5.74) is 0.901. The number of anilines is 1. The molecule has 1 unspecified atom stereocenters. The first-order valence-corrected chi connectivity index (χ1v) is 9.99. The fraction of sp³-hybridized carbons (Fsp3) is 0.471. The highest BCUT2D eigenvalue weighted by Crippen LogP contribution is 2.34. The molecule has 1 fully saturated rings. The fourth-order valence-electron chi connectivity index (χ4n) is 2.82. The van der Waals surface area contributed by atoms with E-state index in [-0.39, 0.29) is 30.3 Å². The van der Waals surface area contributed by atoms with E-state index in [0.717, 1.165) is 39.7 Å². The fourth-order valence-corrected chi connectivity index (χ4v) is 4.72. The molecule has 0 aromatic carbocycles. The highest BCUT2D eigenvalue weighted by Gasteiger charge is 2.19. The number of carbonyl (C=O) groups excluding carboxylic acids is 2. The molecular weight excluding hydrogens is 392 g/mol. The van der Waals surface area contributed by atoms with Gasteiger partial charge in [-0.1, -0.05) is 0 Å². The van der Waals surface area contributed by atoms with E-state index in [1.807, 2.05) is 19.1 Å². The van der Waals surface area contributed by atoms with Crippen molar-refractivity contribution in [2.45, 2.75) is 45.7 Å². The van der Waals surface area contributed by atoms with Crippen molar-refractivity contribution in [1.82, 2.24) is 15.6 Å². The molecule has 1 aliphatic heterocycles. The number of halogens is 1. The summed E-state index contributed by atoms with van der Waals surface area (Å²) >= 11 is 3.10. The van der Waals surface area contributed by atoms with E-state index in [4.69, 9.17) is 0 Å². The molecule has 1 saturated heterocycles. The summed E-state index contributed by atoms with van der Waals surface area (Å²) in [6.07, 6.45) is 2.69. The van der Waals surface area contributed by atoms with E-state index in [0.29, 0.717) is 18.1 Å². The smallest absolute Gasteiger partial charge is 0.227 e. The van der Waals surface area contributed by atoms with Gasteiger partial charge in [0.1, 0.15) is 0 Å². The summed E-state index contributed by atoms with van der Waals surface area (Å²) in [6, 6.07) is 4.30. The largest absolute Gasteiger partial charge is 0.351 e. The first-order valence-electron chi connectivity index (χ1n) is 8.35. The zero-order valence-electron chi connectivity index (χ0n) is 14.8. The maximum absolute atomic E-state index is 12.2. The Kier molecular flexibility index (Phi) is 7.57. The van der Waals surface area contributed by atoms with E-state index in [1.165, 1.54) is 18.3 Å². The normalized spacial score (nSPS) is 16.2. The predicted molar refractivity (Wildman–Crippen MR) is 109 cm³/mol. The van der Waals surface area contributed by atoms with Gasteiger partial charge >= 0.3 is 0 Å². The van der Waals surface area contributed by atoms with E-state index < -0.39 is 0 Å². The molecule has 2 aromatic rings. The van der Waals surface area contributed by atoms with E-state index in [9.17, 15) is 9.59 Å². The van der Waals surface area contributed by atoms with Crippen LogP contribution in [0.25, 0.3) is 10.6 Å². The van der Waals surface area contributed by atoms with E-state index in [2.05, 4.69) is 20.9 Å². The number of nitrogens with zero attached hydrogens (tertiary/aromatic N) is 1. The molecule has 0 saturated carbocycles. The van der Waals surface area contributed by atoms with E-state index >= 15 is 0 Å². The lowest BCUT2D eigenvalue weighted by Crippen LogP contribution is -2.27. The number of hydrogen-bond acceptors (Lipinski definition) is 6. The number of hydrogen-bond donors (Lipinski definition) is 3. The zero-order chi connectivity index (χ0) is 17.8. The predicted octanol–water partition coefficient (Wildman–Crippen LogP) is 3.32. The van der Waals surface area contributed by atoms with Gasteiger partial charge in [-0.3, -0.25) is 9.59 Å². The van der Waals surface area contributed by atoms with Crippen LogP contribution in [0.1, 0.15) is 35.9 Å². The molecule has 0 radical (unpaired) electrons. The molecule has 0 spiro atoms. The van der Waals surface area contributed by atoms with Crippen LogP contribution in [-0.2, 0) is 16.1 Å². The van der Waals surface area contributed by atoms with Crippen LogP contribution in [0, 0.1) is 6.92 Å². The summed E-state index contributed by atoms with van der Waals surface area (Å²) in [5, 5.41) is 9.70. The van der Waals surface area contributed by atoms with Gasteiger partial charge in [0.25, 0.3) is 0 Å². The molecule has 3 rings (SSSR count). The van der Waals surface area contributed by atoms with Crippen LogP contribution in [0.15, 0.2) is 12.1 Å². The van der Waals surface area contributed by atoms with Crippen molar-refractivity contribution in [3.05, 3.63) is 21.9 Å². The van der Waals surface area contributed by atoms with Crippen LogP contribution in [-0.4, -0.2) is 29.4 Å². The molecule has 1 aliphatic rings. The lowest BCUT2D eigenvalue weighted by atomic mass is 10.1. The second-order valence-corrected chi connectivity index (χ2v) is 8.52. The van der Waals surface area contributed by atoms with Gasteiger partial charge in [-0.2, -0.15) is 0 Å². The van der Waals surface area contributed by atoms with Crippen LogP contribution in [0.4, 0.5) is 5.13 Å². The van der Waals surface area contributed by atoms with E-state index in [1.54, 1.807) is 11.3 Å². The Morgan fingerprint density at radius 3 is 2.85 bits per heavy atom. The summed E-state index contributed by atoms with van der Waals surface area (Å²) in [5.74, 6) is -0.0289. The Morgan fingerprint density at radius 1 is 1.35 bits per heavy atom. The minimum Gasteiger partial charge on any atom is -0.351 e. The highest BCUT2D eigenvalue weighted by atomic mass is 35.5. The Morgan fingerprint density at radius 2 is 2.15 bits per heavy atom. The quantitative estimate of drug-likeness (QED) is 0.677. The molecule has 3 N–H and O–H groups in total. The van der Waals surface area contributed by atoms with Crippen molar-refractivity contribution in [1.29, 1.82) is 0 Å². The first kappa shape index (κ1) is 20.8. The number of thiophene rings is 1. The summed E-state index contributed by atoms with van der Waals surface area (Å²) in [6.45, 7) is 5.04. The number of nitrogens with one attached hydrogen (secondary N) is 3. The first-order chi connectivity index (χ1) is 12.0. The Hall–Kier alpha value is -1.48. The second kappa shape index (κ2) is 9.45. The Balaban J connectivity index is 0.00000243. The summed E-state index contributed by atoms with van der Waals surface area (Å²) in [4.78, 5) is 31.0. The van der Waals surface area contributed by atoms with Crippen LogP contribution in [0.2, 0.25) is 0 Å². The molecule has 9 heteroatoms. The molecule has 2 aromatic heterocycles. The lowest BCUT2D eigenvalue weighted by molar-refractivity contribution is -0.119. The van der Waals surface area contributed by atoms with Crippen molar-refractivity contribution >= 4 is 52.0 Å². The third kappa shape index (κ3) is 5.51. The van der Waals surface area contributed by atoms with Crippen LogP contribution >= 0.6 is 35.1 Å². The Bertz CT molecular complexity index is 769. The highest BCUT2D eigenvalue weighted by molar-refractivity contribution is 7.18. The maximum Gasteiger partial charge on any atom is 0.227 e. The molecule has 0 bridgehead atoms. The molecular formula is C17H23ClN4O2S2. The van der Waals surface area contributed by atoms with Crippen LogP contribution in [0.5, 0.6) is 0 Å². The van der Waals surface area contributed by atoms with Gasteiger partial charge in [-0.25, -0.2) is 4.98 Å². The topological polar surface area (TPSA) is 83.1 Å². The second-order valence-electron chi connectivity index (χ2n) is 6.15. The van der Waals surface area contributed by atoms with Gasteiger partial charge in [-0.05, 0) is 38.4 Å². The lowest BCUT2D eigenvalue weighted by Gasteiger charge is -2.08. The monoisotopic (exact) mass is 414 g/mol. The maximum atomic E-state index is 12.2. The van der Waals surface area contributed by atoms with Gasteiger partial charge in [0, 0.05) is 29.1 Å². The summed E-state index contributed by atoms with van der Waals surface area (Å²) in [7, 11) is 0. The SMILES string of the molecule is CC(=O)NCc1ccc(-c2nc(NC(=O)CC3CCCN3)sc2C)s1.Cl. The van der Waals surface area contributed by atoms with Crippen molar-refractivity contribution in [3.8, 4) is 10.6 Å². The van der Waals surface area contributed by atoms with Crippen molar-refractivity contribution < 1.29 is 9.59 Å². The standard InChI is InChI=1S/C17H22N4O2S2.ClH/c1-10-16(14-6-5-13(25-14)9-19-11(2)22)21-17(24-10)20-15(23)8-12-4-3-7-18-12;/h5-6,12,18H,3-4,7-9H2,1-2H3,(H,19,22)(H,20,21,23);1H. The molecule has 1 atom stereocenters. The zero-order valence-corrected chi connectivity index (χ0v) is 17.2. The molecule has 6 nitrogen and oxygen atoms in total. The molecule has 142 valence electrons. The van der Waals surface area contributed by atoms with Crippen molar-refractivity contribution in [2.75, 3.05) is 11.9 Å². The number of aromatic nitrogens is 1. The number of thiazole rings is 1. The molecule has 3 heterocycles.